The van der Waals surface area contributed by atoms with E-state index in [2.05, 4.69) is 25.8 Å². The number of nitrogens with one attached hydrogen (secondary N) is 3. The molecule has 1 amide bonds. The predicted molar refractivity (Wildman–Crippen MR) is 145 cm³/mol. The van der Waals surface area contributed by atoms with Crippen LogP contribution in [0.2, 0.25) is 0 Å². The summed E-state index contributed by atoms with van der Waals surface area (Å²) in [5.41, 5.74) is -0.104. The molecule has 5 rings (SSSR count). The van der Waals surface area contributed by atoms with E-state index in [1.807, 2.05) is 0 Å². The van der Waals surface area contributed by atoms with Crippen LogP contribution in [0.25, 0.3) is 16.7 Å². The molecule has 3 aromatic heterocycles. The number of aryl methyl sites for hydroxylation is 1. The molecule has 1 unspecified atom stereocenters. The van der Waals surface area contributed by atoms with Crippen LogP contribution in [0.15, 0.2) is 65.7 Å². The number of carbonyl (C=O) groups is 1. The number of ether oxygens (including phenoxy) is 1. The van der Waals surface area contributed by atoms with Gasteiger partial charge in [-0.3, -0.25) is 19.3 Å². The minimum atomic E-state index is -1.15. The van der Waals surface area contributed by atoms with Crippen LogP contribution in [0.4, 0.5) is 24.7 Å². The van der Waals surface area contributed by atoms with Gasteiger partial charge in [-0.25, -0.2) is 18.2 Å². The first-order valence-corrected chi connectivity index (χ1v) is 12.3. The van der Waals surface area contributed by atoms with Crippen molar-refractivity contribution >= 4 is 28.4 Å². The number of carbonyl (C=O) groups excluding carboxylic acids is 1. The maximum Gasteiger partial charge on any atom is 0.267 e. The molecule has 2 aromatic carbocycles. The molecule has 1 atom stereocenters. The molecule has 0 bridgehead atoms. The Bertz CT molecular complexity index is 1840. The molecule has 0 saturated heterocycles. The summed E-state index contributed by atoms with van der Waals surface area (Å²) in [4.78, 5) is 30.2. The highest BCUT2D eigenvalue weighted by molar-refractivity contribution is 6.04. The molecule has 41 heavy (non-hydrogen) atoms. The normalized spacial score (nSPS) is 11.9. The van der Waals surface area contributed by atoms with E-state index >= 15 is 4.39 Å². The van der Waals surface area contributed by atoms with Crippen molar-refractivity contribution in [2.45, 2.75) is 19.9 Å². The zero-order valence-electron chi connectivity index (χ0n) is 21.7. The van der Waals surface area contributed by atoms with Crippen LogP contribution in [0.5, 0.6) is 11.5 Å². The second-order valence-corrected chi connectivity index (χ2v) is 9.24. The Hall–Kier alpha value is -5.17. The molecule has 0 spiro atoms. The van der Waals surface area contributed by atoms with Crippen molar-refractivity contribution in [1.82, 2.24) is 19.7 Å². The smallest absolute Gasteiger partial charge is 0.267 e. The van der Waals surface area contributed by atoms with Crippen LogP contribution < -0.4 is 20.9 Å². The van der Waals surface area contributed by atoms with Gasteiger partial charge in [-0.15, -0.1) is 0 Å². The maximum absolute atomic E-state index is 15.1. The van der Waals surface area contributed by atoms with Gasteiger partial charge in [0.1, 0.15) is 16.7 Å². The number of rotatable bonds is 8. The van der Waals surface area contributed by atoms with Crippen LogP contribution in [0.3, 0.4) is 0 Å². The zero-order valence-corrected chi connectivity index (χ0v) is 21.7. The third kappa shape index (κ3) is 5.61. The van der Waals surface area contributed by atoms with E-state index < -0.39 is 28.9 Å². The Morgan fingerprint density at radius 2 is 1.88 bits per heavy atom. The quantitative estimate of drug-likeness (QED) is 0.215. The minimum Gasteiger partial charge on any atom is -0.453 e. The average Bonchev–Trinajstić information content (AvgIpc) is 3.36. The van der Waals surface area contributed by atoms with E-state index in [4.69, 9.17) is 4.74 Å². The SMILES string of the molecule is Cc1cc(C(=O)Nc2ccc(Oc3ccnc4[nH]nc(NC(C)CO)c34)c(F)c2)c(=O)n(-c2ccc(F)c(F)c2)c1. The third-order valence-corrected chi connectivity index (χ3v) is 6.07. The van der Waals surface area contributed by atoms with E-state index in [1.165, 1.54) is 42.7 Å². The molecule has 0 saturated carbocycles. The van der Waals surface area contributed by atoms with E-state index in [-0.39, 0.29) is 41.1 Å². The number of aliphatic hydroxyl groups is 1. The number of aromatic amines is 1. The first kappa shape index (κ1) is 27.4. The summed E-state index contributed by atoms with van der Waals surface area (Å²) in [6.07, 6.45) is 2.84. The first-order valence-electron chi connectivity index (χ1n) is 12.3. The zero-order chi connectivity index (χ0) is 29.3. The summed E-state index contributed by atoms with van der Waals surface area (Å²) in [7, 11) is 0. The van der Waals surface area contributed by atoms with E-state index in [0.29, 0.717) is 22.4 Å². The van der Waals surface area contributed by atoms with Crippen LogP contribution in [-0.2, 0) is 0 Å². The Morgan fingerprint density at radius 3 is 2.61 bits per heavy atom. The number of H-pyrrole nitrogens is 1. The number of pyridine rings is 2. The lowest BCUT2D eigenvalue weighted by molar-refractivity contribution is 0.102. The fourth-order valence-corrected chi connectivity index (χ4v) is 4.08. The Balaban J connectivity index is 1.39. The van der Waals surface area contributed by atoms with Gasteiger partial charge in [0.2, 0.25) is 0 Å². The lowest BCUT2D eigenvalue weighted by Gasteiger charge is -2.13. The van der Waals surface area contributed by atoms with Gasteiger partial charge in [0.25, 0.3) is 11.5 Å². The standard InChI is InChI=1S/C28H23F3N6O4/c1-14-9-18(28(40)37(12-14)17-4-5-19(29)20(30)11-17)27(39)34-16-3-6-22(21(31)10-16)41-23-7-8-32-25-24(23)26(36-35-25)33-15(2)13-38/h3-12,15,38H,13H2,1-2H3,(H,34,39)(H2,32,33,35,36). The number of benzene rings is 2. The lowest BCUT2D eigenvalue weighted by atomic mass is 10.1. The van der Waals surface area contributed by atoms with Gasteiger partial charge in [-0.1, -0.05) is 0 Å². The molecule has 0 radical (unpaired) electrons. The van der Waals surface area contributed by atoms with Gasteiger partial charge in [0.05, 0.1) is 12.3 Å². The van der Waals surface area contributed by atoms with Crippen molar-refractivity contribution in [2.75, 3.05) is 17.2 Å². The molecular formula is C28H23F3N6O4. The van der Waals surface area contributed by atoms with Gasteiger partial charge < -0.3 is 20.5 Å². The van der Waals surface area contributed by atoms with Crippen molar-refractivity contribution in [3.63, 3.8) is 0 Å². The number of anilines is 2. The van der Waals surface area contributed by atoms with Crippen molar-refractivity contribution in [2.24, 2.45) is 0 Å². The Morgan fingerprint density at radius 1 is 1.07 bits per heavy atom. The number of aliphatic hydroxyl groups excluding tert-OH is 1. The summed E-state index contributed by atoms with van der Waals surface area (Å²) >= 11 is 0. The number of aromatic nitrogens is 4. The lowest BCUT2D eigenvalue weighted by Crippen LogP contribution is -2.28. The number of nitrogens with zero attached hydrogens (tertiary/aromatic N) is 3. The second-order valence-electron chi connectivity index (χ2n) is 9.24. The number of hydrogen-bond donors (Lipinski definition) is 4. The number of halogens is 3. The molecular weight excluding hydrogens is 541 g/mol. The van der Waals surface area contributed by atoms with E-state index in [9.17, 15) is 23.5 Å². The molecule has 0 fully saturated rings. The molecule has 210 valence electrons. The molecule has 3 heterocycles. The van der Waals surface area contributed by atoms with Gasteiger partial charge in [-0.2, -0.15) is 5.10 Å². The van der Waals surface area contributed by atoms with Crippen LogP contribution in [-0.4, -0.2) is 43.4 Å². The molecule has 0 aliphatic rings. The van der Waals surface area contributed by atoms with Crippen LogP contribution in [0, 0.1) is 24.4 Å². The van der Waals surface area contributed by atoms with E-state index in [0.717, 1.165) is 22.8 Å². The largest absolute Gasteiger partial charge is 0.453 e. The molecule has 10 nitrogen and oxygen atoms in total. The van der Waals surface area contributed by atoms with Gasteiger partial charge >= 0.3 is 0 Å². The summed E-state index contributed by atoms with van der Waals surface area (Å²) < 4.78 is 49.0. The fraction of sp³-hybridized carbons (Fsp3) is 0.143. The minimum absolute atomic E-state index is 0.0335. The van der Waals surface area contributed by atoms with Crippen LogP contribution in [0.1, 0.15) is 22.8 Å². The number of amides is 1. The highest BCUT2D eigenvalue weighted by Crippen LogP contribution is 2.34. The number of fused-ring (bicyclic) bond motifs is 1. The average molecular weight is 565 g/mol. The molecule has 0 aliphatic carbocycles. The van der Waals surface area contributed by atoms with Gasteiger partial charge in [0.15, 0.2) is 34.7 Å². The molecule has 5 aromatic rings. The summed E-state index contributed by atoms with van der Waals surface area (Å²) in [6.45, 7) is 3.23. The highest BCUT2D eigenvalue weighted by atomic mass is 19.2. The van der Waals surface area contributed by atoms with Crippen molar-refractivity contribution in [1.29, 1.82) is 0 Å². The summed E-state index contributed by atoms with van der Waals surface area (Å²) in [5.74, 6) is -3.41. The summed E-state index contributed by atoms with van der Waals surface area (Å²) in [6, 6.07) is 9.20. The molecule has 4 N–H and O–H groups in total. The third-order valence-electron chi connectivity index (χ3n) is 6.07. The highest BCUT2D eigenvalue weighted by Gasteiger charge is 2.19. The predicted octanol–water partition coefficient (Wildman–Crippen LogP) is 4.67. The molecule has 0 aliphatic heterocycles. The van der Waals surface area contributed by atoms with Crippen molar-refractivity contribution in [3.05, 3.63) is 99.9 Å². The van der Waals surface area contributed by atoms with Gasteiger partial charge in [-0.05, 0) is 49.7 Å². The van der Waals surface area contributed by atoms with Gasteiger partial charge in [0, 0.05) is 42.3 Å². The number of hydrogen-bond acceptors (Lipinski definition) is 7. The maximum atomic E-state index is 15.1. The van der Waals surface area contributed by atoms with Crippen molar-refractivity contribution < 1.29 is 27.8 Å². The summed E-state index contributed by atoms with van der Waals surface area (Å²) in [5, 5.41) is 22.2. The van der Waals surface area contributed by atoms with E-state index in [1.54, 1.807) is 13.8 Å². The fourth-order valence-electron chi connectivity index (χ4n) is 4.08. The Labute approximate surface area is 230 Å². The monoisotopic (exact) mass is 564 g/mol. The van der Waals surface area contributed by atoms with Crippen molar-refractivity contribution in [3.8, 4) is 17.2 Å². The first-order chi connectivity index (χ1) is 19.6. The Kier molecular flexibility index (Phi) is 7.44. The topological polar surface area (TPSA) is 134 Å². The second kappa shape index (κ2) is 11.1. The molecule has 13 heteroatoms. The van der Waals surface area contributed by atoms with Crippen LogP contribution >= 0.6 is 0 Å².